The van der Waals surface area contributed by atoms with Gasteiger partial charge in [0.1, 0.15) is 12.4 Å². The highest BCUT2D eigenvalue weighted by atomic mass is 16.1. The van der Waals surface area contributed by atoms with E-state index in [1.807, 2.05) is 37.3 Å². The van der Waals surface area contributed by atoms with Crippen LogP contribution in [-0.4, -0.2) is 20.7 Å². The van der Waals surface area contributed by atoms with Crippen LogP contribution in [0.15, 0.2) is 72.2 Å². The number of benzene rings is 2. The number of fused-ring (bicyclic) bond motifs is 1. The van der Waals surface area contributed by atoms with Crippen molar-refractivity contribution in [2.75, 3.05) is 10.6 Å². The van der Waals surface area contributed by atoms with Crippen molar-refractivity contribution in [3.05, 3.63) is 83.3 Å². The van der Waals surface area contributed by atoms with Crippen molar-refractivity contribution in [3.8, 4) is 0 Å². The Balaban J connectivity index is 1.75. The number of hydrogen-bond acceptors (Lipinski definition) is 4. The monoisotopic (exact) mass is 387 g/mol. The van der Waals surface area contributed by atoms with Crippen molar-refractivity contribution >= 4 is 17.5 Å². The quantitative estimate of drug-likeness (QED) is 0.694. The van der Waals surface area contributed by atoms with E-state index in [1.165, 1.54) is 11.9 Å². The molecule has 0 saturated carbocycles. The number of rotatable bonds is 3. The molecule has 0 spiro atoms. The lowest BCUT2D eigenvalue weighted by molar-refractivity contribution is -0.113. The summed E-state index contributed by atoms with van der Waals surface area (Å²) in [7, 11) is 0. The Morgan fingerprint density at radius 1 is 1.07 bits per heavy atom. The number of para-hydroxylation sites is 1. The van der Waals surface area contributed by atoms with Crippen LogP contribution in [0.25, 0.3) is 0 Å². The van der Waals surface area contributed by atoms with E-state index in [0.717, 1.165) is 16.9 Å². The number of nitrogens with one attached hydrogen (secondary N) is 2. The second-order valence-electron chi connectivity index (χ2n) is 8.29. The summed E-state index contributed by atoms with van der Waals surface area (Å²) in [5.41, 5.74) is 4.43. The fourth-order valence-corrected chi connectivity index (χ4v) is 3.58. The van der Waals surface area contributed by atoms with E-state index in [0.29, 0.717) is 11.5 Å². The molecule has 29 heavy (non-hydrogen) atoms. The topological polar surface area (TPSA) is 71.8 Å². The minimum atomic E-state index is -0.355. The average molecular weight is 387 g/mol. The SMILES string of the molecule is CC1=C(C(=O)Nc2ccccc2)C(c2ccc(C(C)(C)C)cc2)n2ncnc2N1. The van der Waals surface area contributed by atoms with Crippen LogP contribution in [0, 0.1) is 0 Å². The molecule has 2 heterocycles. The van der Waals surface area contributed by atoms with Gasteiger partial charge < -0.3 is 10.6 Å². The zero-order valence-corrected chi connectivity index (χ0v) is 17.1. The summed E-state index contributed by atoms with van der Waals surface area (Å²) in [6.07, 6.45) is 1.50. The van der Waals surface area contributed by atoms with Gasteiger partial charge in [0, 0.05) is 11.4 Å². The standard InChI is InChI=1S/C23H25N5O/c1-15-19(21(29)27-18-8-6-5-7-9-18)20(28-22(26-15)24-14-25-28)16-10-12-17(13-11-16)23(2,3)4/h5-14,20H,1-4H3,(H,27,29)(H,24,25,26). The fourth-order valence-electron chi connectivity index (χ4n) is 3.58. The van der Waals surface area contributed by atoms with Gasteiger partial charge in [-0.1, -0.05) is 63.2 Å². The van der Waals surface area contributed by atoms with Crippen LogP contribution in [0.3, 0.4) is 0 Å². The first-order valence-corrected chi connectivity index (χ1v) is 9.69. The van der Waals surface area contributed by atoms with Gasteiger partial charge >= 0.3 is 0 Å². The van der Waals surface area contributed by atoms with Gasteiger partial charge in [0.25, 0.3) is 5.91 Å². The largest absolute Gasteiger partial charge is 0.328 e. The van der Waals surface area contributed by atoms with Gasteiger partial charge in [-0.15, -0.1) is 0 Å². The lowest BCUT2D eigenvalue weighted by Crippen LogP contribution is -2.31. The Morgan fingerprint density at radius 3 is 2.41 bits per heavy atom. The van der Waals surface area contributed by atoms with E-state index in [-0.39, 0.29) is 17.4 Å². The van der Waals surface area contributed by atoms with Crippen molar-refractivity contribution < 1.29 is 4.79 Å². The summed E-state index contributed by atoms with van der Waals surface area (Å²) >= 11 is 0. The van der Waals surface area contributed by atoms with E-state index in [1.54, 1.807) is 4.68 Å². The highest BCUT2D eigenvalue weighted by Gasteiger charge is 2.33. The van der Waals surface area contributed by atoms with Gasteiger partial charge in [0.15, 0.2) is 0 Å². The Bertz CT molecular complexity index is 1060. The minimum Gasteiger partial charge on any atom is -0.328 e. The molecule has 4 rings (SSSR count). The molecule has 1 aliphatic heterocycles. The molecule has 6 heteroatoms. The highest BCUT2D eigenvalue weighted by molar-refractivity contribution is 6.06. The molecule has 1 aromatic heterocycles. The highest BCUT2D eigenvalue weighted by Crippen LogP contribution is 2.36. The predicted molar refractivity (Wildman–Crippen MR) is 115 cm³/mol. The lowest BCUT2D eigenvalue weighted by atomic mass is 9.85. The number of amides is 1. The van der Waals surface area contributed by atoms with Gasteiger partial charge in [0.2, 0.25) is 5.95 Å². The molecule has 0 bridgehead atoms. The van der Waals surface area contributed by atoms with Gasteiger partial charge in [0.05, 0.1) is 5.57 Å². The summed E-state index contributed by atoms with van der Waals surface area (Å²) < 4.78 is 1.76. The molecule has 1 aliphatic rings. The second kappa shape index (κ2) is 7.20. The van der Waals surface area contributed by atoms with Gasteiger partial charge in [-0.05, 0) is 35.6 Å². The first kappa shape index (κ1) is 18.9. The fraction of sp³-hybridized carbons (Fsp3) is 0.261. The number of carbonyl (C=O) groups excluding carboxylic acids is 1. The van der Waals surface area contributed by atoms with Crippen LogP contribution in [-0.2, 0) is 10.2 Å². The number of allylic oxidation sites excluding steroid dienone is 1. The van der Waals surface area contributed by atoms with Crippen molar-refractivity contribution in [1.82, 2.24) is 14.8 Å². The first-order chi connectivity index (χ1) is 13.8. The molecule has 0 saturated heterocycles. The second-order valence-corrected chi connectivity index (χ2v) is 8.29. The number of nitrogens with zero attached hydrogens (tertiary/aromatic N) is 3. The molecule has 0 radical (unpaired) electrons. The first-order valence-electron chi connectivity index (χ1n) is 9.69. The van der Waals surface area contributed by atoms with Crippen molar-refractivity contribution in [2.24, 2.45) is 0 Å². The Hall–Kier alpha value is -3.41. The third-order valence-corrected chi connectivity index (χ3v) is 5.16. The molecule has 2 aromatic carbocycles. The van der Waals surface area contributed by atoms with Gasteiger partial charge in [-0.3, -0.25) is 4.79 Å². The normalized spacial score (nSPS) is 16.2. The summed E-state index contributed by atoms with van der Waals surface area (Å²) in [6, 6.07) is 17.5. The van der Waals surface area contributed by atoms with Crippen molar-refractivity contribution in [3.63, 3.8) is 0 Å². The molecule has 1 unspecified atom stereocenters. The number of anilines is 2. The average Bonchev–Trinajstić information content (AvgIpc) is 3.15. The molecule has 148 valence electrons. The molecule has 3 aromatic rings. The van der Waals surface area contributed by atoms with Crippen LogP contribution in [0.5, 0.6) is 0 Å². The third-order valence-electron chi connectivity index (χ3n) is 5.16. The molecular weight excluding hydrogens is 362 g/mol. The maximum absolute atomic E-state index is 13.2. The zero-order valence-electron chi connectivity index (χ0n) is 17.1. The molecule has 6 nitrogen and oxygen atoms in total. The maximum atomic E-state index is 13.2. The van der Waals surface area contributed by atoms with Crippen LogP contribution in [0.2, 0.25) is 0 Å². The third kappa shape index (κ3) is 3.66. The molecule has 1 amide bonds. The van der Waals surface area contributed by atoms with E-state index < -0.39 is 0 Å². The molecule has 2 N–H and O–H groups in total. The summed E-state index contributed by atoms with van der Waals surface area (Å²) in [5, 5.41) is 10.6. The smallest absolute Gasteiger partial charge is 0.255 e. The van der Waals surface area contributed by atoms with Crippen molar-refractivity contribution in [2.45, 2.75) is 39.2 Å². The van der Waals surface area contributed by atoms with E-state index in [2.05, 4.69) is 65.8 Å². The van der Waals surface area contributed by atoms with Crippen LogP contribution < -0.4 is 10.6 Å². The number of aromatic nitrogens is 3. The molecule has 1 atom stereocenters. The number of hydrogen-bond donors (Lipinski definition) is 2. The van der Waals surface area contributed by atoms with E-state index in [4.69, 9.17) is 0 Å². The minimum absolute atomic E-state index is 0.0599. The van der Waals surface area contributed by atoms with Crippen LogP contribution >= 0.6 is 0 Å². The maximum Gasteiger partial charge on any atom is 0.255 e. The summed E-state index contributed by atoms with van der Waals surface area (Å²) in [6.45, 7) is 8.45. The zero-order chi connectivity index (χ0) is 20.6. The van der Waals surface area contributed by atoms with E-state index in [9.17, 15) is 4.79 Å². The lowest BCUT2D eigenvalue weighted by Gasteiger charge is -2.29. The van der Waals surface area contributed by atoms with Crippen LogP contribution in [0.1, 0.15) is 44.9 Å². The number of carbonyl (C=O) groups is 1. The Morgan fingerprint density at radius 2 is 1.76 bits per heavy atom. The predicted octanol–water partition coefficient (Wildman–Crippen LogP) is 4.50. The van der Waals surface area contributed by atoms with E-state index >= 15 is 0 Å². The van der Waals surface area contributed by atoms with Gasteiger partial charge in [-0.25, -0.2) is 4.68 Å². The summed E-state index contributed by atoms with van der Waals surface area (Å²) in [4.78, 5) is 17.5. The van der Waals surface area contributed by atoms with Crippen LogP contribution in [0.4, 0.5) is 11.6 Å². The Kier molecular flexibility index (Phi) is 4.70. The molecular formula is C23H25N5O. The Labute approximate surface area is 170 Å². The summed E-state index contributed by atoms with van der Waals surface area (Å²) in [5.74, 6) is 0.468. The van der Waals surface area contributed by atoms with Crippen molar-refractivity contribution in [1.29, 1.82) is 0 Å². The molecule has 0 fully saturated rings. The van der Waals surface area contributed by atoms with Gasteiger partial charge in [-0.2, -0.15) is 10.1 Å². The molecule has 0 aliphatic carbocycles.